The first-order chi connectivity index (χ1) is 15.3. The quantitative estimate of drug-likeness (QED) is 0.474. The van der Waals surface area contributed by atoms with Gasteiger partial charge in [0.2, 0.25) is 11.6 Å². The number of aryl methyl sites for hydroxylation is 1. The molecule has 2 aromatic heterocycles. The van der Waals surface area contributed by atoms with Crippen molar-refractivity contribution in [3.63, 3.8) is 0 Å². The van der Waals surface area contributed by atoms with E-state index in [-0.39, 0.29) is 23.9 Å². The molecule has 0 bridgehead atoms. The van der Waals surface area contributed by atoms with Crippen LogP contribution >= 0.6 is 11.6 Å². The molecule has 2 aromatic carbocycles. The normalized spacial score (nSPS) is 12.1. The summed E-state index contributed by atoms with van der Waals surface area (Å²) >= 11 is 6.11. The van der Waals surface area contributed by atoms with Crippen LogP contribution in [-0.4, -0.2) is 25.1 Å². The van der Waals surface area contributed by atoms with Crippen LogP contribution in [0.5, 0.6) is 0 Å². The Balaban J connectivity index is 1.48. The van der Waals surface area contributed by atoms with E-state index >= 15 is 0 Å². The lowest BCUT2D eigenvalue weighted by molar-refractivity contribution is -0.116. The predicted molar refractivity (Wildman–Crippen MR) is 121 cm³/mol. The molecule has 4 aromatic rings. The van der Waals surface area contributed by atoms with Gasteiger partial charge in [-0.15, -0.1) is 10.2 Å². The topological polar surface area (TPSA) is 81.3 Å². The van der Waals surface area contributed by atoms with Crippen molar-refractivity contribution in [2.45, 2.75) is 26.7 Å². The Morgan fingerprint density at radius 3 is 2.75 bits per heavy atom. The van der Waals surface area contributed by atoms with Crippen LogP contribution in [0.1, 0.15) is 24.7 Å². The summed E-state index contributed by atoms with van der Waals surface area (Å²) in [5.74, 6) is -0.0488. The highest BCUT2D eigenvalue weighted by Gasteiger charge is 2.16. The van der Waals surface area contributed by atoms with Crippen LogP contribution in [0.2, 0.25) is 5.02 Å². The summed E-state index contributed by atoms with van der Waals surface area (Å²) in [6.07, 6.45) is 3.93. The molecule has 0 saturated heterocycles. The number of amides is 1. The van der Waals surface area contributed by atoms with Crippen molar-refractivity contribution in [3.05, 3.63) is 87.4 Å². The van der Waals surface area contributed by atoms with E-state index in [4.69, 9.17) is 11.6 Å². The largest absolute Gasteiger partial charge is 0.326 e. The van der Waals surface area contributed by atoms with E-state index in [1.807, 2.05) is 19.9 Å². The lowest BCUT2D eigenvalue weighted by atomic mass is 10.0. The molecular formula is C23H21ClFN5O2. The van der Waals surface area contributed by atoms with Gasteiger partial charge in [0.25, 0.3) is 0 Å². The molecule has 1 amide bonds. The average molecular weight is 454 g/mol. The minimum atomic E-state index is -0.434. The first-order valence-electron chi connectivity index (χ1n) is 10.1. The summed E-state index contributed by atoms with van der Waals surface area (Å²) in [7, 11) is 0. The first-order valence-corrected chi connectivity index (χ1v) is 10.5. The van der Waals surface area contributed by atoms with Gasteiger partial charge in [-0.1, -0.05) is 30.7 Å². The molecule has 0 unspecified atom stereocenters. The maximum atomic E-state index is 13.5. The first kappa shape index (κ1) is 21.7. The highest BCUT2D eigenvalue weighted by atomic mass is 35.5. The molecule has 0 aliphatic heterocycles. The second kappa shape index (κ2) is 8.92. The van der Waals surface area contributed by atoms with Gasteiger partial charge >= 0.3 is 5.56 Å². The zero-order valence-corrected chi connectivity index (χ0v) is 18.3. The van der Waals surface area contributed by atoms with Gasteiger partial charge in [0, 0.05) is 35.9 Å². The monoisotopic (exact) mass is 453 g/mol. The molecule has 0 radical (unpaired) electrons. The molecule has 9 heteroatoms. The van der Waals surface area contributed by atoms with Crippen molar-refractivity contribution in [2.24, 2.45) is 5.92 Å². The van der Waals surface area contributed by atoms with Crippen molar-refractivity contribution in [1.29, 1.82) is 0 Å². The maximum Gasteiger partial charge on any atom is 0.300 e. The van der Waals surface area contributed by atoms with Crippen LogP contribution in [0.4, 0.5) is 10.1 Å². The molecule has 1 atom stereocenters. The van der Waals surface area contributed by atoms with Crippen LogP contribution in [0.15, 0.2) is 59.7 Å². The average Bonchev–Trinajstić information content (AvgIpc) is 3.14. The molecule has 164 valence electrons. The van der Waals surface area contributed by atoms with Crippen molar-refractivity contribution in [3.8, 4) is 5.69 Å². The van der Waals surface area contributed by atoms with Crippen LogP contribution < -0.4 is 10.9 Å². The second-order valence-electron chi connectivity index (χ2n) is 7.79. The summed E-state index contributed by atoms with van der Waals surface area (Å²) in [5.41, 5.74) is 1.72. The number of benzene rings is 2. The van der Waals surface area contributed by atoms with E-state index in [2.05, 4.69) is 15.5 Å². The molecule has 7 nitrogen and oxygen atoms in total. The third-order valence-corrected chi connectivity index (χ3v) is 5.56. The summed E-state index contributed by atoms with van der Waals surface area (Å²) in [4.78, 5) is 25.2. The molecule has 32 heavy (non-hydrogen) atoms. The van der Waals surface area contributed by atoms with Crippen molar-refractivity contribution < 1.29 is 9.18 Å². The number of rotatable bonds is 6. The molecule has 0 spiro atoms. The van der Waals surface area contributed by atoms with Gasteiger partial charge in [-0.3, -0.25) is 18.6 Å². The molecule has 0 saturated carbocycles. The van der Waals surface area contributed by atoms with Crippen LogP contribution in [0, 0.1) is 18.7 Å². The SMILES string of the molecule is Cc1ccc(NC(=O)C[C@H](C)Cc2nnc3c(=O)n(-c4cccc(F)c4)ccn23)cc1Cl. The van der Waals surface area contributed by atoms with Crippen molar-refractivity contribution in [2.75, 3.05) is 5.32 Å². The number of carbonyl (C=O) groups excluding carboxylic acids is 1. The molecule has 0 aliphatic carbocycles. The maximum absolute atomic E-state index is 13.5. The molecule has 2 heterocycles. The number of anilines is 1. The smallest absolute Gasteiger partial charge is 0.300 e. The minimum Gasteiger partial charge on any atom is -0.326 e. The van der Waals surface area contributed by atoms with Gasteiger partial charge in [0.05, 0.1) is 5.69 Å². The Labute approximate surface area is 188 Å². The second-order valence-corrected chi connectivity index (χ2v) is 8.20. The van der Waals surface area contributed by atoms with Gasteiger partial charge in [-0.25, -0.2) is 4.39 Å². The molecule has 0 aliphatic rings. The van der Waals surface area contributed by atoms with Gasteiger partial charge in [0.1, 0.15) is 11.6 Å². The Bertz CT molecular complexity index is 1360. The van der Waals surface area contributed by atoms with Gasteiger partial charge < -0.3 is 5.32 Å². The van der Waals surface area contributed by atoms with Crippen molar-refractivity contribution in [1.82, 2.24) is 19.2 Å². The molecule has 1 N–H and O–H groups in total. The number of nitrogens with one attached hydrogen (secondary N) is 1. The Morgan fingerprint density at radius 1 is 1.19 bits per heavy atom. The zero-order valence-electron chi connectivity index (χ0n) is 17.5. The summed E-state index contributed by atoms with van der Waals surface area (Å²) in [5, 5.41) is 11.6. The van der Waals surface area contributed by atoms with E-state index in [0.29, 0.717) is 28.6 Å². The number of fused-ring (bicyclic) bond motifs is 1. The lowest BCUT2D eigenvalue weighted by Gasteiger charge is -2.12. The number of nitrogens with zero attached hydrogens (tertiary/aromatic N) is 4. The Hall–Kier alpha value is -3.52. The number of hydrogen-bond donors (Lipinski definition) is 1. The summed E-state index contributed by atoms with van der Waals surface area (Å²) < 4.78 is 16.5. The number of halogens is 2. The molecule has 4 rings (SSSR count). The number of aromatic nitrogens is 4. The molecular weight excluding hydrogens is 433 g/mol. The highest BCUT2D eigenvalue weighted by Crippen LogP contribution is 2.21. The Morgan fingerprint density at radius 2 is 2.00 bits per heavy atom. The lowest BCUT2D eigenvalue weighted by Crippen LogP contribution is -2.21. The summed E-state index contributed by atoms with van der Waals surface area (Å²) in [6, 6.07) is 11.1. The number of carbonyl (C=O) groups is 1. The van der Waals surface area contributed by atoms with E-state index in [9.17, 15) is 14.0 Å². The summed E-state index contributed by atoms with van der Waals surface area (Å²) in [6.45, 7) is 3.82. The van der Waals surface area contributed by atoms with Crippen LogP contribution in [0.3, 0.4) is 0 Å². The third-order valence-electron chi connectivity index (χ3n) is 5.15. The fourth-order valence-electron chi connectivity index (χ4n) is 3.49. The van der Waals surface area contributed by atoms with E-state index < -0.39 is 11.4 Å². The highest BCUT2D eigenvalue weighted by molar-refractivity contribution is 6.31. The fraction of sp³-hybridized carbons (Fsp3) is 0.217. The number of hydrogen-bond acceptors (Lipinski definition) is 4. The van der Waals surface area contributed by atoms with E-state index in [1.54, 1.807) is 35.0 Å². The Kier molecular flexibility index (Phi) is 6.05. The van der Waals surface area contributed by atoms with E-state index in [1.165, 1.54) is 22.8 Å². The standard InChI is InChI=1S/C23H21ClFN5O2/c1-14(11-21(31)26-17-7-6-15(2)19(24)13-17)10-20-27-28-22-23(32)29(8-9-30(20)22)18-5-3-4-16(25)12-18/h3-9,12-14H,10-11H2,1-2H3,(H,26,31)/t14-/m1/s1. The zero-order chi connectivity index (χ0) is 22.8. The molecule has 0 fully saturated rings. The van der Waals surface area contributed by atoms with Crippen LogP contribution in [0.25, 0.3) is 11.3 Å². The van der Waals surface area contributed by atoms with E-state index in [0.717, 1.165) is 5.56 Å². The third kappa shape index (κ3) is 4.55. The van der Waals surface area contributed by atoms with Crippen molar-refractivity contribution >= 4 is 28.8 Å². The predicted octanol–water partition coefficient (Wildman–Crippen LogP) is 4.19. The van der Waals surface area contributed by atoms with Crippen LogP contribution in [-0.2, 0) is 11.2 Å². The minimum absolute atomic E-state index is 0.0472. The van der Waals surface area contributed by atoms with Gasteiger partial charge in [-0.05, 0) is 48.7 Å². The fourth-order valence-corrected chi connectivity index (χ4v) is 3.67. The van der Waals surface area contributed by atoms with Gasteiger partial charge in [-0.2, -0.15) is 0 Å². The van der Waals surface area contributed by atoms with Gasteiger partial charge in [0.15, 0.2) is 0 Å².